The first kappa shape index (κ1) is 18.7. The Balaban J connectivity index is 1.53. The van der Waals surface area contributed by atoms with Gasteiger partial charge in [-0.05, 0) is 57.3 Å². The van der Waals surface area contributed by atoms with Crippen molar-refractivity contribution in [2.24, 2.45) is 17.8 Å². The molecule has 0 aromatic carbocycles. The molecule has 1 amide bonds. The van der Waals surface area contributed by atoms with Crippen LogP contribution in [0.4, 0.5) is 0 Å². The Bertz CT molecular complexity index is 546. The summed E-state index contributed by atoms with van der Waals surface area (Å²) in [6.07, 6.45) is 7.29. The molecule has 0 aromatic rings. The van der Waals surface area contributed by atoms with Gasteiger partial charge in [-0.1, -0.05) is 24.1 Å². The van der Waals surface area contributed by atoms with Crippen molar-refractivity contribution < 1.29 is 9.53 Å². The van der Waals surface area contributed by atoms with Crippen molar-refractivity contribution in [2.75, 3.05) is 39.4 Å². The number of carbonyl (C=O) groups excluding carboxylic acids is 1. The van der Waals surface area contributed by atoms with Crippen LogP contribution >= 0.6 is 0 Å². The lowest BCUT2D eigenvalue weighted by Crippen LogP contribution is -2.41. The van der Waals surface area contributed by atoms with E-state index in [1.165, 1.54) is 25.7 Å². The molecule has 4 nitrogen and oxygen atoms in total. The molecule has 25 heavy (non-hydrogen) atoms. The molecule has 0 aromatic heterocycles. The van der Waals surface area contributed by atoms with Crippen molar-refractivity contribution in [3.05, 3.63) is 22.8 Å². The molecule has 1 N–H and O–H groups in total. The van der Waals surface area contributed by atoms with Gasteiger partial charge in [0, 0.05) is 31.8 Å². The summed E-state index contributed by atoms with van der Waals surface area (Å²) in [4.78, 5) is 14.8. The van der Waals surface area contributed by atoms with E-state index in [-0.39, 0.29) is 5.91 Å². The second-order valence-corrected chi connectivity index (χ2v) is 8.10. The van der Waals surface area contributed by atoms with Crippen LogP contribution in [0, 0.1) is 17.8 Å². The summed E-state index contributed by atoms with van der Waals surface area (Å²) < 4.78 is 5.36. The molecule has 4 heteroatoms. The zero-order valence-electron chi connectivity index (χ0n) is 16.1. The average Bonchev–Trinajstić information content (AvgIpc) is 3.01. The van der Waals surface area contributed by atoms with Gasteiger partial charge in [-0.2, -0.15) is 0 Å². The molecule has 0 bridgehead atoms. The third-order valence-electron chi connectivity index (χ3n) is 6.37. The molecular weight excluding hydrogens is 312 g/mol. The van der Waals surface area contributed by atoms with Crippen molar-refractivity contribution in [2.45, 2.75) is 46.5 Å². The number of nitrogens with zero attached hydrogens (tertiary/aromatic N) is 1. The van der Waals surface area contributed by atoms with Crippen LogP contribution in [0.5, 0.6) is 0 Å². The van der Waals surface area contributed by atoms with Crippen molar-refractivity contribution >= 4 is 5.91 Å². The smallest absolute Gasteiger partial charge is 0.246 e. The minimum Gasteiger partial charge on any atom is -0.379 e. The molecule has 1 saturated carbocycles. The first-order chi connectivity index (χ1) is 12.1. The van der Waals surface area contributed by atoms with Crippen LogP contribution in [-0.2, 0) is 9.53 Å². The lowest BCUT2D eigenvalue weighted by molar-refractivity contribution is -0.117. The zero-order valence-corrected chi connectivity index (χ0v) is 16.1. The first-order valence-electron chi connectivity index (χ1n) is 10.0. The molecule has 3 aliphatic rings. The van der Waals surface area contributed by atoms with Gasteiger partial charge in [0.2, 0.25) is 5.91 Å². The van der Waals surface area contributed by atoms with Gasteiger partial charge in [-0.3, -0.25) is 9.69 Å². The minimum absolute atomic E-state index is 0.0969. The third kappa shape index (κ3) is 4.53. The molecule has 3 rings (SSSR count). The van der Waals surface area contributed by atoms with Crippen molar-refractivity contribution in [3.8, 4) is 0 Å². The summed E-state index contributed by atoms with van der Waals surface area (Å²) in [5, 5.41) is 3.09. The maximum Gasteiger partial charge on any atom is 0.246 e. The molecule has 3 atom stereocenters. The van der Waals surface area contributed by atoms with Gasteiger partial charge in [-0.25, -0.2) is 0 Å². The normalized spacial score (nSPS) is 31.2. The number of hydrogen-bond donors (Lipinski definition) is 1. The fourth-order valence-corrected chi connectivity index (χ4v) is 4.81. The predicted molar refractivity (Wildman–Crippen MR) is 101 cm³/mol. The van der Waals surface area contributed by atoms with E-state index in [1.54, 1.807) is 11.1 Å². The Morgan fingerprint density at radius 3 is 2.80 bits per heavy atom. The lowest BCUT2D eigenvalue weighted by Gasteiger charge is -2.34. The summed E-state index contributed by atoms with van der Waals surface area (Å²) in [6, 6.07) is 0. The maximum atomic E-state index is 12.5. The van der Waals surface area contributed by atoms with Crippen LogP contribution in [0.3, 0.4) is 0 Å². The van der Waals surface area contributed by atoms with E-state index in [4.69, 9.17) is 4.74 Å². The molecule has 2 aliphatic carbocycles. The molecule has 1 saturated heterocycles. The SMILES string of the molecule is CC1=C2[C@H](/C=C(\C)C(=O)NCCN3CCOCC3)CC[C@@H](C)[C@H]2CC1. The van der Waals surface area contributed by atoms with Crippen molar-refractivity contribution in [1.29, 1.82) is 0 Å². The Hall–Kier alpha value is -1.13. The quantitative estimate of drug-likeness (QED) is 0.614. The van der Waals surface area contributed by atoms with Gasteiger partial charge < -0.3 is 10.1 Å². The highest BCUT2D eigenvalue weighted by molar-refractivity contribution is 5.92. The fourth-order valence-electron chi connectivity index (χ4n) is 4.81. The summed E-state index contributed by atoms with van der Waals surface area (Å²) in [6.45, 7) is 11.9. The van der Waals surface area contributed by atoms with Gasteiger partial charge in [0.15, 0.2) is 0 Å². The Labute approximate surface area is 152 Å². The van der Waals surface area contributed by atoms with Crippen molar-refractivity contribution in [1.82, 2.24) is 10.2 Å². The topological polar surface area (TPSA) is 41.6 Å². The summed E-state index contributed by atoms with van der Waals surface area (Å²) in [7, 11) is 0. The largest absolute Gasteiger partial charge is 0.379 e. The minimum atomic E-state index is 0.0969. The van der Waals surface area contributed by atoms with E-state index >= 15 is 0 Å². The number of ether oxygens (including phenoxy) is 1. The number of morpholine rings is 1. The monoisotopic (exact) mass is 346 g/mol. The highest BCUT2D eigenvalue weighted by Crippen LogP contribution is 2.48. The van der Waals surface area contributed by atoms with Crippen LogP contribution in [0.1, 0.15) is 46.5 Å². The van der Waals surface area contributed by atoms with Crippen LogP contribution < -0.4 is 5.32 Å². The average molecular weight is 347 g/mol. The Kier molecular flexibility index (Phi) is 6.34. The second-order valence-electron chi connectivity index (χ2n) is 8.10. The number of carbonyl (C=O) groups is 1. The third-order valence-corrected chi connectivity index (χ3v) is 6.37. The van der Waals surface area contributed by atoms with Gasteiger partial charge >= 0.3 is 0 Å². The molecule has 0 spiro atoms. The number of amides is 1. The molecule has 0 radical (unpaired) electrons. The number of fused-ring (bicyclic) bond motifs is 1. The lowest BCUT2D eigenvalue weighted by atomic mass is 9.71. The number of rotatable bonds is 5. The fraction of sp³-hybridized carbons (Fsp3) is 0.762. The summed E-state index contributed by atoms with van der Waals surface area (Å²) >= 11 is 0. The molecule has 140 valence electrons. The molecule has 1 aliphatic heterocycles. The molecule has 0 unspecified atom stereocenters. The van der Waals surface area contributed by atoms with Gasteiger partial charge in [-0.15, -0.1) is 0 Å². The van der Waals surface area contributed by atoms with Gasteiger partial charge in [0.05, 0.1) is 13.2 Å². The van der Waals surface area contributed by atoms with Crippen molar-refractivity contribution in [3.63, 3.8) is 0 Å². The number of hydrogen-bond acceptors (Lipinski definition) is 3. The standard InChI is InChI=1S/C21H34N2O2/c1-15-4-6-18(20-16(2)5-7-19(15)20)14-17(3)21(24)22-8-9-23-10-12-25-13-11-23/h14-15,18-19H,4-13H2,1-3H3,(H,22,24)/b17-14+/t15-,18+,19-/m1/s1. The molecular formula is C21H34N2O2. The van der Waals surface area contributed by atoms with E-state index in [0.717, 1.165) is 56.8 Å². The highest BCUT2D eigenvalue weighted by atomic mass is 16.5. The summed E-state index contributed by atoms with van der Waals surface area (Å²) in [5.41, 5.74) is 4.12. The summed E-state index contributed by atoms with van der Waals surface area (Å²) in [5.74, 6) is 2.14. The molecule has 1 heterocycles. The number of nitrogens with one attached hydrogen (secondary N) is 1. The van der Waals surface area contributed by atoms with E-state index in [9.17, 15) is 4.79 Å². The number of allylic oxidation sites excluding steroid dienone is 3. The first-order valence-corrected chi connectivity index (χ1v) is 10.0. The van der Waals surface area contributed by atoms with E-state index in [2.05, 4.69) is 30.1 Å². The van der Waals surface area contributed by atoms with Crippen LogP contribution in [0.25, 0.3) is 0 Å². The van der Waals surface area contributed by atoms with Crippen LogP contribution in [0.2, 0.25) is 0 Å². The van der Waals surface area contributed by atoms with Crippen LogP contribution in [0.15, 0.2) is 22.8 Å². The Morgan fingerprint density at radius 2 is 2.04 bits per heavy atom. The zero-order chi connectivity index (χ0) is 17.8. The van der Waals surface area contributed by atoms with E-state index in [1.807, 2.05) is 6.92 Å². The highest BCUT2D eigenvalue weighted by Gasteiger charge is 2.36. The molecule has 2 fully saturated rings. The second kappa shape index (κ2) is 8.50. The van der Waals surface area contributed by atoms with E-state index < -0.39 is 0 Å². The van der Waals surface area contributed by atoms with E-state index in [0.29, 0.717) is 5.92 Å². The van der Waals surface area contributed by atoms with Crippen LogP contribution in [-0.4, -0.2) is 50.2 Å². The van der Waals surface area contributed by atoms with Gasteiger partial charge in [0.25, 0.3) is 0 Å². The van der Waals surface area contributed by atoms with Gasteiger partial charge in [0.1, 0.15) is 0 Å². The Morgan fingerprint density at radius 1 is 1.28 bits per heavy atom. The maximum absolute atomic E-state index is 12.5. The predicted octanol–water partition coefficient (Wildman–Crippen LogP) is 3.15.